The van der Waals surface area contributed by atoms with E-state index >= 15 is 0 Å². The van der Waals surface area contributed by atoms with Gasteiger partial charge in [0.05, 0.1) is 6.20 Å². The van der Waals surface area contributed by atoms with Crippen LogP contribution in [0.15, 0.2) is 12.4 Å². The summed E-state index contributed by atoms with van der Waals surface area (Å²) in [5.74, 6) is 0.633. The molecule has 0 amide bonds. The van der Waals surface area contributed by atoms with Crippen LogP contribution < -0.4 is 0 Å². The van der Waals surface area contributed by atoms with Crippen LogP contribution in [0.1, 0.15) is 43.6 Å². The van der Waals surface area contributed by atoms with Gasteiger partial charge in [0.2, 0.25) is 0 Å². The molecule has 1 aromatic rings. The van der Waals surface area contributed by atoms with Crippen LogP contribution in [0, 0.1) is 0 Å². The average molecular weight is 213 g/mol. The Morgan fingerprint density at radius 1 is 1.43 bits per heavy atom. The molecular weight excluding hydrogens is 196 g/mol. The van der Waals surface area contributed by atoms with Gasteiger partial charge >= 0.3 is 0 Å². The molecule has 14 heavy (non-hydrogen) atoms. The summed E-state index contributed by atoms with van der Waals surface area (Å²) in [7, 11) is 1.97. The van der Waals surface area contributed by atoms with Gasteiger partial charge in [-0.05, 0) is 30.7 Å². The van der Waals surface area contributed by atoms with E-state index in [0.717, 1.165) is 6.42 Å². The first kappa shape index (κ1) is 10.0. The predicted octanol–water partition coefficient (Wildman–Crippen LogP) is 3.08. The molecule has 0 aliphatic heterocycles. The summed E-state index contributed by atoms with van der Waals surface area (Å²) < 4.78 is 1.88. The minimum Gasteiger partial charge on any atom is -0.276 e. The molecule has 0 aromatic carbocycles. The third-order valence-corrected chi connectivity index (χ3v) is 3.45. The molecule has 0 spiro atoms. The SMILES string of the molecule is Cn1cc(C2CCCCC(Cl)C2)cn1. The second kappa shape index (κ2) is 4.35. The van der Waals surface area contributed by atoms with E-state index in [1.165, 1.54) is 31.2 Å². The molecule has 0 saturated heterocycles. The lowest BCUT2D eigenvalue weighted by atomic mass is 9.94. The number of hydrogen-bond acceptors (Lipinski definition) is 1. The fourth-order valence-electron chi connectivity index (χ4n) is 2.25. The van der Waals surface area contributed by atoms with Crippen molar-refractivity contribution in [2.45, 2.75) is 43.4 Å². The van der Waals surface area contributed by atoms with Crippen LogP contribution in [-0.4, -0.2) is 15.2 Å². The molecular formula is C11H17ClN2. The van der Waals surface area contributed by atoms with Crippen molar-refractivity contribution >= 4 is 11.6 Å². The van der Waals surface area contributed by atoms with Crippen molar-refractivity contribution in [2.24, 2.45) is 7.05 Å². The normalized spacial score (nSPS) is 28.7. The third-order valence-electron chi connectivity index (χ3n) is 3.06. The molecule has 1 aromatic heterocycles. The van der Waals surface area contributed by atoms with Gasteiger partial charge in [0, 0.05) is 18.6 Å². The van der Waals surface area contributed by atoms with E-state index in [0.29, 0.717) is 11.3 Å². The summed E-state index contributed by atoms with van der Waals surface area (Å²) in [5.41, 5.74) is 1.36. The quantitative estimate of drug-likeness (QED) is 0.517. The number of hydrogen-bond donors (Lipinski definition) is 0. The van der Waals surface area contributed by atoms with Gasteiger partial charge in [0.1, 0.15) is 0 Å². The Hall–Kier alpha value is -0.500. The monoisotopic (exact) mass is 212 g/mol. The maximum atomic E-state index is 6.25. The van der Waals surface area contributed by atoms with Crippen LogP contribution in [0.2, 0.25) is 0 Å². The number of alkyl halides is 1. The van der Waals surface area contributed by atoms with Crippen molar-refractivity contribution < 1.29 is 0 Å². The molecule has 2 nitrogen and oxygen atoms in total. The molecule has 0 radical (unpaired) electrons. The van der Waals surface area contributed by atoms with E-state index in [1.807, 2.05) is 17.9 Å². The topological polar surface area (TPSA) is 17.8 Å². The highest BCUT2D eigenvalue weighted by Gasteiger charge is 2.20. The number of rotatable bonds is 1. The van der Waals surface area contributed by atoms with E-state index < -0.39 is 0 Å². The Bertz CT molecular complexity index is 295. The first-order valence-electron chi connectivity index (χ1n) is 5.38. The molecule has 0 bridgehead atoms. The number of halogens is 1. The molecule has 2 rings (SSSR count). The van der Waals surface area contributed by atoms with Gasteiger partial charge in [0.15, 0.2) is 0 Å². The van der Waals surface area contributed by atoms with Gasteiger partial charge in [-0.3, -0.25) is 4.68 Å². The number of aryl methyl sites for hydroxylation is 1. The lowest BCUT2D eigenvalue weighted by molar-refractivity contribution is 0.595. The van der Waals surface area contributed by atoms with Crippen molar-refractivity contribution in [1.29, 1.82) is 0 Å². The lowest BCUT2D eigenvalue weighted by Crippen LogP contribution is -2.03. The van der Waals surface area contributed by atoms with Crippen molar-refractivity contribution in [2.75, 3.05) is 0 Å². The molecule has 0 N–H and O–H groups in total. The summed E-state index contributed by atoms with van der Waals surface area (Å²) in [5, 5.41) is 4.58. The maximum Gasteiger partial charge on any atom is 0.0524 e. The number of aromatic nitrogens is 2. The first-order valence-corrected chi connectivity index (χ1v) is 5.82. The number of nitrogens with zero attached hydrogens (tertiary/aromatic N) is 2. The summed E-state index contributed by atoms with van der Waals surface area (Å²) >= 11 is 6.25. The Labute approximate surface area is 90.3 Å². The highest BCUT2D eigenvalue weighted by atomic mass is 35.5. The Balaban J connectivity index is 2.08. The van der Waals surface area contributed by atoms with Gasteiger partial charge in [-0.25, -0.2) is 0 Å². The van der Waals surface area contributed by atoms with Gasteiger partial charge in [-0.1, -0.05) is 12.8 Å². The van der Waals surface area contributed by atoms with Gasteiger partial charge < -0.3 is 0 Å². The first-order chi connectivity index (χ1) is 6.75. The highest BCUT2D eigenvalue weighted by molar-refractivity contribution is 6.20. The van der Waals surface area contributed by atoms with Crippen LogP contribution in [0.25, 0.3) is 0 Å². The largest absolute Gasteiger partial charge is 0.276 e. The molecule has 1 saturated carbocycles. The molecule has 78 valence electrons. The van der Waals surface area contributed by atoms with Crippen LogP contribution in [0.3, 0.4) is 0 Å². The zero-order valence-electron chi connectivity index (χ0n) is 8.62. The third kappa shape index (κ3) is 2.30. The summed E-state index contributed by atoms with van der Waals surface area (Å²) in [6, 6.07) is 0. The van der Waals surface area contributed by atoms with Crippen LogP contribution in [0.5, 0.6) is 0 Å². The zero-order valence-corrected chi connectivity index (χ0v) is 9.37. The molecule has 1 heterocycles. The van der Waals surface area contributed by atoms with E-state index in [9.17, 15) is 0 Å². The molecule has 2 unspecified atom stereocenters. The summed E-state index contributed by atoms with van der Waals surface area (Å²) in [6.07, 6.45) is 10.3. The minimum absolute atomic E-state index is 0.364. The average Bonchev–Trinajstić information content (AvgIpc) is 2.45. The fourth-order valence-corrected chi connectivity index (χ4v) is 2.62. The fraction of sp³-hybridized carbons (Fsp3) is 0.727. The molecule has 1 aliphatic rings. The van der Waals surface area contributed by atoms with Crippen molar-refractivity contribution in [3.63, 3.8) is 0 Å². The molecule has 1 fully saturated rings. The minimum atomic E-state index is 0.364. The molecule has 1 aliphatic carbocycles. The summed E-state index contributed by atoms with van der Waals surface area (Å²) in [4.78, 5) is 0. The van der Waals surface area contributed by atoms with Crippen molar-refractivity contribution in [1.82, 2.24) is 9.78 Å². The summed E-state index contributed by atoms with van der Waals surface area (Å²) in [6.45, 7) is 0. The predicted molar refractivity (Wildman–Crippen MR) is 58.7 cm³/mol. The van der Waals surface area contributed by atoms with Crippen LogP contribution in [0.4, 0.5) is 0 Å². The van der Waals surface area contributed by atoms with Gasteiger partial charge in [0.25, 0.3) is 0 Å². The van der Waals surface area contributed by atoms with E-state index in [-0.39, 0.29) is 0 Å². The standard InChI is InChI=1S/C11H17ClN2/c1-14-8-10(7-13-14)9-4-2-3-5-11(12)6-9/h7-9,11H,2-6H2,1H3. The Kier molecular flexibility index (Phi) is 3.12. The smallest absolute Gasteiger partial charge is 0.0524 e. The van der Waals surface area contributed by atoms with Crippen LogP contribution >= 0.6 is 11.6 Å². The van der Waals surface area contributed by atoms with Gasteiger partial charge in [-0.2, -0.15) is 5.10 Å². The van der Waals surface area contributed by atoms with E-state index in [1.54, 1.807) is 0 Å². The maximum absolute atomic E-state index is 6.25. The molecule has 2 atom stereocenters. The molecule has 3 heteroatoms. The Morgan fingerprint density at radius 3 is 2.93 bits per heavy atom. The van der Waals surface area contributed by atoms with Crippen LogP contribution in [-0.2, 0) is 7.05 Å². The van der Waals surface area contributed by atoms with Gasteiger partial charge in [-0.15, -0.1) is 11.6 Å². The lowest BCUT2D eigenvalue weighted by Gasteiger charge is -2.13. The second-order valence-electron chi connectivity index (χ2n) is 4.26. The van der Waals surface area contributed by atoms with Crippen molar-refractivity contribution in [3.8, 4) is 0 Å². The van der Waals surface area contributed by atoms with E-state index in [2.05, 4.69) is 11.3 Å². The zero-order chi connectivity index (χ0) is 9.97. The Morgan fingerprint density at radius 2 is 2.21 bits per heavy atom. The highest BCUT2D eigenvalue weighted by Crippen LogP contribution is 2.33. The van der Waals surface area contributed by atoms with E-state index in [4.69, 9.17) is 11.6 Å². The van der Waals surface area contributed by atoms with Crippen molar-refractivity contribution in [3.05, 3.63) is 18.0 Å². The second-order valence-corrected chi connectivity index (χ2v) is 4.88.